The van der Waals surface area contributed by atoms with Crippen molar-refractivity contribution >= 4 is 0 Å². The molecule has 0 amide bonds. The third kappa shape index (κ3) is 2.69. The molecular weight excluding hydrogens is 342 g/mol. The molecule has 5 atom stereocenters. The normalized spacial score (nSPS) is 30.4. The Morgan fingerprint density at radius 2 is 1.82 bits per heavy atom. The summed E-state index contributed by atoms with van der Waals surface area (Å²) in [6.07, 6.45) is 11.4. The van der Waals surface area contributed by atoms with Gasteiger partial charge in [-0.05, 0) is 47.3 Å². The van der Waals surface area contributed by atoms with E-state index in [0.717, 1.165) is 12.3 Å². The molecule has 0 spiro atoms. The molecule has 1 fully saturated rings. The van der Waals surface area contributed by atoms with Gasteiger partial charge >= 0.3 is 0 Å². The molecule has 0 aliphatic heterocycles. The van der Waals surface area contributed by atoms with Crippen molar-refractivity contribution in [1.82, 2.24) is 4.98 Å². The highest BCUT2D eigenvalue weighted by Gasteiger charge is 2.52. The number of ether oxygens (including phenoxy) is 1. The first kappa shape index (κ1) is 17.9. The van der Waals surface area contributed by atoms with Crippen LogP contribution in [0.15, 0.2) is 66.8 Å². The van der Waals surface area contributed by atoms with E-state index in [9.17, 15) is 0 Å². The fraction of sp³-hybridized carbons (Fsp3) is 0.423. The van der Waals surface area contributed by atoms with Gasteiger partial charge in [0.05, 0.1) is 6.10 Å². The second-order valence-electron chi connectivity index (χ2n) is 9.22. The molecule has 2 nitrogen and oxygen atoms in total. The molecule has 1 aromatic heterocycles. The number of pyridine rings is 1. The fourth-order valence-corrected chi connectivity index (χ4v) is 5.69. The monoisotopic (exact) mass is 371 g/mol. The lowest BCUT2D eigenvalue weighted by molar-refractivity contribution is 0.0167. The molecule has 144 valence electrons. The Morgan fingerprint density at radius 1 is 1.04 bits per heavy atom. The zero-order valence-corrected chi connectivity index (χ0v) is 17.0. The van der Waals surface area contributed by atoms with Crippen molar-refractivity contribution in [3.63, 3.8) is 0 Å². The van der Waals surface area contributed by atoms with Crippen molar-refractivity contribution in [2.45, 2.75) is 44.6 Å². The predicted molar refractivity (Wildman–Crippen MR) is 113 cm³/mol. The Bertz CT molecular complexity index is 927. The quantitative estimate of drug-likeness (QED) is 0.659. The highest BCUT2D eigenvalue weighted by atomic mass is 16.5. The van der Waals surface area contributed by atoms with Crippen LogP contribution >= 0.6 is 0 Å². The van der Waals surface area contributed by atoms with Crippen LogP contribution in [0, 0.1) is 17.3 Å². The van der Waals surface area contributed by atoms with Gasteiger partial charge in [-0.15, -0.1) is 0 Å². The molecular formula is C26H29NO. The first-order valence-electron chi connectivity index (χ1n) is 10.5. The number of allylic oxidation sites excluding steroid dienone is 3. The molecule has 0 saturated heterocycles. The third-order valence-corrected chi connectivity index (χ3v) is 7.57. The Labute approximate surface area is 168 Å². The molecule has 1 heterocycles. The Hall–Kier alpha value is -2.19. The molecule has 2 heteroatoms. The van der Waals surface area contributed by atoms with Gasteiger partial charge < -0.3 is 4.74 Å². The second-order valence-corrected chi connectivity index (χ2v) is 9.22. The maximum Gasteiger partial charge on any atom is 0.0893 e. The molecule has 4 aliphatic carbocycles. The molecule has 0 N–H and O–H groups in total. The van der Waals surface area contributed by atoms with Crippen LogP contribution in [0.1, 0.15) is 60.7 Å². The number of benzene rings is 1. The highest BCUT2D eigenvalue weighted by Crippen LogP contribution is 2.61. The van der Waals surface area contributed by atoms with Crippen LogP contribution in [0.25, 0.3) is 0 Å². The van der Waals surface area contributed by atoms with Gasteiger partial charge in [-0.2, -0.15) is 0 Å². The Kier molecular flexibility index (Phi) is 4.28. The van der Waals surface area contributed by atoms with Crippen LogP contribution in [0.3, 0.4) is 0 Å². The molecule has 6 rings (SSSR count). The topological polar surface area (TPSA) is 22.1 Å². The number of hydrogen-bond acceptors (Lipinski definition) is 2. The summed E-state index contributed by atoms with van der Waals surface area (Å²) >= 11 is 0. The average Bonchev–Trinajstić information content (AvgIpc) is 2.74. The van der Waals surface area contributed by atoms with E-state index in [1.165, 1.54) is 28.9 Å². The highest BCUT2D eigenvalue weighted by molar-refractivity contribution is 5.39. The number of hydrogen-bond donors (Lipinski definition) is 0. The Balaban J connectivity index is 1.48. The average molecular weight is 372 g/mol. The fourth-order valence-electron chi connectivity index (χ4n) is 5.69. The summed E-state index contributed by atoms with van der Waals surface area (Å²) in [5, 5.41) is 0. The van der Waals surface area contributed by atoms with Crippen LogP contribution in [0.5, 0.6) is 0 Å². The van der Waals surface area contributed by atoms with Crippen molar-refractivity contribution in [1.29, 1.82) is 0 Å². The van der Waals surface area contributed by atoms with Crippen molar-refractivity contribution in [2.75, 3.05) is 7.11 Å². The van der Waals surface area contributed by atoms with Gasteiger partial charge in [0.1, 0.15) is 0 Å². The standard InChI is InChI=1S/C26H29NO/c1-26(2)18-15-22(26)21-13-14-23(27-24(21)16-18)19-11-7-8-12-20(19)25(28-3)17-9-5-4-6-10-17/h4-14,18-20,22,25H,15-16H2,1-3H3. The summed E-state index contributed by atoms with van der Waals surface area (Å²) in [6.45, 7) is 4.85. The number of rotatable bonds is 4. The van der Waals surface area contributed by atoms with Gasteiger partial charge in [0.2, 0.25) is 0 Å². The molecule has 4 aliphatic rings. The van der Waals surface area contributed by atoms with Crippen molar-refractivity contribution in [3.05, 3.63) is 89.3 Å². The van der Waals surface area contributed by atoms with E-state index >= 15 is 0 Å². The largest absolute Gasteiger partial charge is 0.376 e. The molecule has 2 aromatic rings. The maximum atomic E-state index is 5.98. The van der Waals surface area contributed by atoms with Gasteiger partial charge in [-0.3, -0.25) is 4.98 Å². The third-order valence-electron chi connectivity index (χ3n) is 7.57. The van der Waals surface area contributed by atoms with Gasteiger partial charge in [0.25, 0.3) is 0 Å². The van der Waals surface area contributed by atoms with E-state index in [1.54, 1.807) is 0 Å². The lowest BCUT2D eigenvalue weighted by Crippen LogP contribution is -2.48. The molecule has 1 aromatic carbocycles. The van der Waals surface area contributed by atoms with Crippen molar-refractivity contribution in [3.8, 4) is 0 Å². The lowest BCUT2D eigenvalue weighted by atomic mass is 9.48. The van der Waals surface area contributed by atoms with Gasteiger partial charge in [0, 0.05) is 30.3 Å². The SMILES string of the molecule is COC(c1ccccc1)C1C=CC=CC1c1ccc2c(n1)CC1CC2C1(C)C. The van der Waals surface area contributed by atoms with Gasteiger partial charge in [0.15, 0.2) is 0 Å². The van der Waals surface area contributed by atoms with E-state index in [-0.39, 0.29) is 17.9 Å². The minimum atomic E-state index is 0.0255. The van der Waals surface area contributed by atoms with Crippen molar-refractivity contribution < 1.29 is 4.74 Å². The molecule has 1 saturated carbocycles. The summed E-state index contributed by atoms with van der Waals surface area (Å²) in [4.78, 5) is 5.20. The van der Waals surface area contributed by atoms with Crippen LogP contribution in [0.2, 0.25) is 0 Å². The maximum absolute atomic E-state index is 5.98. The lowest BCUT2D eigenvalue weighted by Gasteiger charge is -2.56. The molecule has 5 unspecified atom stereocenters. The smallest absolute Gasteiger partial charge is 0.0893 e. The van der Waals surface area contributed by atoms with Gasteiger partial charge in [-0.1, -0.05) is 74.5 Å². The molecule has 28 heavy (non-hydrogen) atoms. The zero-order chi connectivity index (χ0) is 19.3. The zero-order valence-electron chi connectivity index (χ0n) is 17.0. The van der Waals surface area contributed by atoms with E-state index < -0.39 is 0 Å². The summed E-state index contributed by atoms with van der Waals surface area (Å²) in [5.74, 6) is 1.97. The summed E-state index contributed by atoms with van der Waals surface area (Å²) in [7, 11) is 1.82. The summed E-state index contributed by atoms with van der Waals surface area (Å²) in [5.41, 5.74) is 5.69. The summed E-state index contributed by atoms with van der Waals surface area (Å²) < 4.78 is 5.98. The van der Waals surface area contributed by atoms with Gasteiger partial charge in [-0.25, -0.2) is 0 Å². The second kappa shape index (κ2) is 6.70. The van der Waals surface area contributed by atoms with Crippen LogP contribution in [-0.4, -0.2) is 12.1 Å². The van der Waals surface area contributed by atoms with Crippen LogP contribution < -0.4 is 0 Å². The van der Waals surface area contributed by atoms with Crippen LogP contribution in [-0.2, 0) is 11.2 Å². The first-order valence-corrected chi connectivity index (χ1v) is 10.5. The van der Waals surface area contributed by atoms with Crippen molar-refractivity contribution in [2.24, 2.45) is 17.3 Å². The van der Waals surface area contributed by atoms with E-state index in [0.29, 0.717) is 11.3 Å². The number of methoxy groups -OCH3 is 1. The van der Waals surface area contributed by atoms with E-state index in [4.69, 9.17) is 9.72 Å². The minimum absolute atomic E-state index is 0.0255. The number of nitrogens with zero attached hydrogens (tertiary/aromatic N) is 1. The van der Waals surface area contributed by atoms with Crippen LogP contribution in [0.4, 0.5) is 0 Å². The summed E-state index contributed by atoms with van der Waals surface area (Å²) in [6, 6.07) is 15.2. The van der Waals surface area contributed by atoms with E-state index in [2.05, 4.69) is 80.6 Å². The number of aromatic nitrogens is 1. The van der Waals surface area contributed by atoms with E-state index in [1.807, 2.05) is 7.11 Å². The Morgan fingerprint density at radius 3 is 2.57 bits per heavy atom. The predicted octanol–water partition coefficient (Wildman–Crippen LogP) is 5.98. The minimum Gasteiger partial charge on any atom is -0.376 e. The molecule has 0 radical (unpaired) electrons. The molecule has 2 bridgehead atoms. The first-order chi connectivity index (χ1) is 13.6.